The monoisotopic (exact) mass is 514 g/mol. The molecule has 0 atom stereocenters. The van der Waals surface area contributed by atoms with Gasteiger partial charge in [0, 0.05) is 11.6 Å². The fourth-order valence-corrected chi connectivity index (χ4v) is 5.37. The summed E-state index contributed by atoms with van der Waals surface area (Å²) < 4.78 is 33.8. The highest BCUT2D eigenvalue weighted by Crippen LogP contribution is 2.34. The quantitative estimate of drug-likeness (QED) is 0.398. The Balaban J connectivity index is 1.94. The van der Waals surface area contributed by atoms with Crippen LogP contribution in [0.1, 0.15) is 36.1 Å². The molecule has 0 saturated carbocycles. The number of rotatable bonds is 10. The molecule has 186 valence electrons. The van der Waals surface area contributed by atoms with Crippen LogP contribution in [-0.2, 0) is 34.2 Å². The van der Waals surface area contributed by atoms with Crippen molar-refractivity contribution in [2.24, 2.45) is 0 Å². The summed E-state index contributed by atoms with van der Waals surface area (Å²) in [5.74, 6) is -0.145. The average Bonchev–Trinajstić information content (AvgIpc) is 2.85. The van der Waals surface area contributed by atoms with Crippen LogP contribution < -0.4 is 14.4 Å². The Kier molecular flexibility index (Phi) is 8.81. The smallest absolute Gasteiger partial charge is 0.264 e. The molecule has 0 bridgehead atoms. The standard InChI is InChI=1S/C27H31ClN2O4S/c1-5-20-9-10-21(6-2)22(15-20)17-29-27(31)18-30(25-16-23(28)11-14-26(25)34-4)35(32,33)24-12-7-19(3)8-13-24/h7-16H,5-6,17-18H2,1-4H3,(H,29,31). The highest BCUT2D eigenvalue weighted by Gasteiger charge is 2.29. The van der Waals surface area contributed by atoms with Gasteiger partial charge in [-0.3, -0.25) is 9.10 Å². The predicted molar refractivity (Wildman–Crippen MR) is 141 cm³/mol. The molecule has 3 rings (SSSR count). The van der Waals surface area contributed by atoms with Crippen LogP contribution in [0.4, 0.5) is 5.69 Å². The third-order valence-corrected chi connectivity index (χ3v) is 7.85. The van der Waals surface area contributed by atoms with Crippen molar-refractivity contribution >= 4 is 33.2 Å². The summed E-state index contributed by atoms with van der Waals surface area (Å²) in [6, 6.07) is 17.4. The summed E-state index contributed by atoms with van der Waals surface area (Å²) in [6.45, 7) is 5.89. The Morgan fingerprint density at radius 3 is 2.31 bits per heavy atom. The van der Waals surface area contributed by atoms with Crippen LogP contribution in [0.2, 0.25) is 5.02 Å². The van der Waals surface area contributed by atoms with Crippen LogP contribution in [0, 0.1) is 6.92 Å². The molecule has 35 heavy (non-hydrogen) atoms. The number of amides is 1. The lowest BCUT2D eigenvalue weighted by molar-refractivity contribution is -0.119. The molecule has 0 aromatic heterocycles. The van der Waals surface area contributed by atoms with Gasteiger partial charge in [-0.15, -0.1) is 0 Å². The number of carbonyl (C=O) groups excluding carboxylic acids is 1. The van der Waals surface area contributed by atoms with Crippen molar-refractivity contribution in [1.82, 2.24) is 5.32 Å². The molecule has 8 heteroatoms. The van der Waals surface area contributed by atoms with Crippen LogP contribution in [0.25, 0.3) is 0 Å². The van der Waals surface area contributed by atoms with E-state index in [1.54, 1.807) is 24.3 Å². The molecule has 0 unspecified atom stereocenters. The van der Waals surface area contributed by atoms with E-state index in [-0.39, 0.29) is 10.6 Å². The van der Waals surface area contributed by atoms with Gasteiger partial charge in [0.05, 0.1) is 17.7 Å². The average molecular weight is 515 g/mol. The van der Waals surface area contributed by atoms with E-state index in [2.05, 4.69) is 37.4 Å². The second-order valence-electron chi connectivity index (χ2n) is 8.23. The zero-order chi connectivity index (χ0) is 25.6. The summed E-state index contributed by atoms with van der Waals surface area (Å²) >= 11 is 6.20. The van der Waals surface area contributed by atoms with Gasteiger partial charge in [-0.25, -0.2) is 8.42 Å². The molecule has 0 fully saturated rings. The molecule has 3 aromatic carbocycles. The number of anilines is 1. The van der Waals surface area contributed by atoms with E-state index in [1.807, 2.05) is 6.92 Å². The zero-order valence-electron chi connectivity index (χ0n) is 20.5. The molecular weight excluding hydrogens is 484 g/mol. The molecule has 0 heterocycles. The number of nitrogens with one attached hydrogen (secondary N) is 1. The summed E-state index contributed by atoms with van der Waals surface area (Å²) in [7, 11) is -2.65. The Morgan fingerprint density at radius 1 is 0.971 bits per heavy atom. The third kappa shape index (κ3) is 6.35. The maximum atomic E-state index is 13.7. The summed E-state index contributed by atoms with van der Waals surface area (Å²) in [6.07, 6.45) is 1.73. The molecule has 3 aromatic rings. The lowest BCUT2D eigenvalue weighted by Crippen LogP contribution is -2.41. The molecule has 0 aliphatic carbocycles. The summed E-state index contributed by atoms with van der Waals surface area (Å²) in [5.41, 5.74) is 4.46. The van der Waals surface area contributed by atoms with Crippen molar-refractivity contribution in [2.75, 3.05) is 18.0 Å². The molecule has 6 nitrogen and oxygen atoms in total. The Labute approximate surface area is 212 Å². The number of halogens is 1. The number of hydrogen-bond donors (Lipinski definition) is 1. The number of sulfonamides is 1. The largest absolute Gasteiger partial charge is 0.495 e. The van der Waals surface area contributed by atoms with E-state index < -0.39 is 22.5 Å². The fraction of sp³-hybridized carbons (Fsp3) is 0.296. The van der Waals surface area contributed by atoms with Gasteiger partial charge < -0.3 is 10.1 Å². The van der Waals surface area contributed by atoms with Crippen LogP contribution in [0.15, 0.2) is 65.6 Å². The number of benzene rings is 3. The van der Waals surface area contributed by atoms with Crippen LogP contribution >= 0.6 is 11.6 Å². The minimum atomic E-state index is -4.09. The predicted octanol–water partition coefficient (Wildman–Crippen LogP) is 5.29. The normalized spacial score (nSPS) is 11.2. The van der Waals surface area contributed by atoms with Crippen molar-refractivity contribution in [1.29, 1.82) is 0 Å². The van der Waals surface area contributed by atoms with Gasteiger partial charge in [0.1, 0.15) is 12.3 Å². The topological polar surface area (TPSA) is 75.7 Å². The molecule has 0 spiro atoms. The minimum Gasteiger partial charge on any atom is -0.495 e. The van der Waals surface area contributed by atoms with Crippen molar-refractivity contribution in [3.8, 4) is 5.75 Å². The van der Waals surface area contributed by atoms with E-state index in [1.165, 1.54) is 30.9 Å². The SMILES string of the molecule is CCc1ccc(CC)c(CNC(=O)CN(c2cc(Cl)ccc2OC)S(=O)(=O)c2ccc(C)cc2)c1. The molecular formula is C27H31ClN2O4S. The summed E-state index contributed by atoms with van der Waals surface area (Å²) in [5, 5.41) is 3.22. The molecule has 0 aliphatic rings. The van der Waals surface area contributed by atoms with Gasteiger partial charge >= 0.3 is 0 Å². The van der Waals surface area contributed by atoms with Gasteiger partial charge in [0.15, 0.2) is 0 Å². The van der Waals surface area contributed by atoms with Crippen molar-refractivity contribution in [3.63, 3.8) is 0 Å². The maximum Gasteiger partial charge on any atom is 0.264 e. The van der Waals surface area contributed by atoms with E-state index in [4.69, 9.17) is 16.3 Å². The number of methoxy groups -OCH3 is 1. The van der Waals surface area contributed by atoms with Crippen molar-refractivity contribution in [3.05, 3.63) is 87.9 Å². The van der Waals surface area contributed by atoms with E-state index in [0.717, 1.165) is 33.8 Å². The number of carbonyl (C=O) groups is 1. The highest BCUT2D eigenvalue weighted by atomic mass is 35.5. The van der Waals surface area contributed by atoms with Crippen LogP contribution in [0.3, 0.4) is 0 Å². The first-order valence-corrected chi connectivity index (χ1v) is 13.3. The zero-order valence-corrected chi connectivity index (χ0v) is 22.0. The summed E-state index contributed by atoms with van der Waals surface area (Å²) in [4.78, 5) is 13.2. The van der Waals surface area contributed by atoms with E-state index in [0.29, 0.717) is 17.3 Å². The lowest BCUT2D eigenvalue weighted by atomic mass is 10.0. The number of ether oxygens (including phenoxy) is 1. The van der Waals surface area contributed by atoms with Gasteiger partial charge in [0.2, 0.25) is 5.91 Å². The number of hydrogen-bond acceptors (Lipinski definition) is 4. The molecule has 1 N–H and O–H groups in total. The van der Waals surface area contributed by atoms with Crippen molar-refractivity contribution in [2.45, 2.75) is 45.1 Å². The molecule has 0 saturated heterocycles. The first kappa shape index (κ1) is 26.6. The maximum absolute atomic E-state index is 13.7. The van der Waals surface area contributed by atoms with Gasteiger partial charge in [0.25, 0.3) is 10.0 Å². The van der Waals surface area contributed by atoms with Gasteiger partial charge in [-0.2, -0.15) is 0 Å². The van der Waals surface area contributed by atoms with Crippen LogP contribution in [-0.4, -0.2) is 28.0 Å². The fourth-order valence-electron chi connectivity index (χ4n) is 3.78. The number of aryl methyl sites for hydroxylation is 3. The van der Waals surface area contributed by atoms with Gasteiger partial charge in [-0.05, 0) is 66.8 Å². The Hall–Kier alpha value is -3.03. The number of nitrogens with zero attached hydrogens (tertiary/aromatic N) is 1. The van der Waals surface area contributed by atoms with Crippen molar-refractivity contribution < 1.29 is 17.9 Å². The second kappa shape index (κ2) is 11.6. The minimum absolute atomic E-state index is 0.0712. The molecule has 0 aliphatic heterocycles. The van der Waals surface area contributed by atoms with E-state index in [9.17, 15) is 13.2 Å². The van der Waals surface area contributed by atoms with Gasteiger partial charge in [-0.1, -0.05) is 61.3 Å². The first-order valence-electron chi connectivity index (χ1n) is 11.5. The highest BCUT2D eigenvalue weighted by molar-refractivity contribution is 7.92. The second-order valence-corrected chi connectivity index (χ2v) is 10.5. The van der Waals surface area contributed by atoms with E-state index >= 15 is 0 Å². The Morgan fingerprint density at radius 2 is 1.69 bits per heavy atom. The van der Waals surface area contributed by atoms with Crippen LogP contribution in [0.5, 0.6) is 5.75 Å². The Bertz CT molecular complexity index is 1290. The molecule has 0 radical (unpaired) electrons. The molecule has 1 amide bonds. The lowest BCUT2D eigenvalue weighted by Gasteiger charge is -2.26. The third-order valence-electron chi connectivity index (χ3n) is 5.84. The first-order chi connectivity index (χ1) is 16.7.